The standard InChI is InChI=1S/C21H23F2N7/c22-15-2-6-17(7-3-15)25-21-27-19(26-20(24)28-21)14-29-10-1-11-30(13-12-29)18-8-4-16(23)5-9-18/h2-9H,1,10-14H2,(H3,24,25,26,27,28). The predicted molar refractivity (Wildman–Crippen MR) is 112 cm³/mol. The minimum absolute atomic E-state index is 0.132. The van der Waals surface area contributed by atoms with Gasteiger partial charge in [0.05, 0.1) is 6.54 Å². The van der Waals surface area contributed by atoms with Crippen LogP contribution in [0.2, 0.25) is 0 Å². The molecule has 0 amide bonds. The van der Waals surface area contributed by atoms with Gasteiger partial charge >= 0.3 is 0 Å². The van der Waals surface area contributed by atoms with Crippen molar-refractivity contribution in [3.05, 3.63) is 66.0 Å². The van der Waals surface area contributed by atoms with Crippen LogP contribution in [0.4, 0.5) is 32.1 Å². The Balaban J connectivity index is 1.40. The molecule has 3 N–H and O–H groups in total. The van der Waals surface area contributed by atoms with Gasteiger partial charge in [0.2, 0.25) is 11.9 Å². The van der Waals surface area contributed by atoms with Crippen molar-refractivity contribution in [2.24, 2.45) is 0 Å². The zero-order chi connectivity index (χ0) is 20.9. The first-order valence-corrected chi connectivity index (χ1v) is 9.81. The van der Waals surface area contributed by atoms with E-state index in [4.69, 9.17) is 5.73 Å². The lowest BCUT2D eigenvalue weighted by Gasteiger charge is -2.23. The number of nitrogens with one attached hydrogen (secondary N) is 1. The summed E-state index contributed by atoms with van der Waals surface area (Å²) in [5, 5.41) is 3.03. The number of nitrogen functional groups attached to an aromatic ring is 1. The lowest BCUT2D eigenvalue weighted by atomic mass is 10.2. The highest BCUT2D eigenvalue weighted by atomic mass is 19.1. The Morgan fingerprint density at radius 1 is 0.833 bits per heavy atom. The molecule has 1 aliphatic rings. The Hall–Kier alpha value is -3.33. The van der Waals surface area contributed by atoms with Crippen molar-refractivity contribution in [3.63, 3.8) is 0 Å². The number of anilines is 4. The van der Waals surface area contributed by atoms with E-state index in [-0.39, 0.29) is 17.6 Å². The van der Waals surface area contributed by atoms with E-state index in [1.165, 1.54) is 24.3 Å². The lowest BCUT2D eigenvalue weighted by molar-refractivity contribution is 0.278. The number of aromatic nitrogens is 3. The molecule has 9 heteroatoms. The number of halogens is 2. The Bertz CT molecular complexity index is 980. The van der Waals surface area contributed by atoms with E-state index in [1.807, 2.05) is 12.1 Å². The summed E-state index contributed by atoms with van der Waals surface area (Å²) in [4.78, 5) is 17.4. The molecule has 2 heterocycles. The van der Waals surface area contributed by atoms with Gasteiger partial charge in [-0.3, -0.25) is 4.90 Å². The van der Waals surface area contributed by atoms with Crippen LogP contribution in [-0.4, -0.2) is 46.0 Å². The highest BCUT2D eigenvalue weighted by Crippen LogP contribution is 2.18. The van der Waals surface area contributed by atoms with Crippen LogP contribution in [0, 0.1) is 11.6 Å². The fourth-order valence-electron chi connectivity index (χ4n) is 3.47. The van der Waals surface area contributed by atoms with E-state index >= 15 is 0 Å². The molecule has 0 spiro atoms. The zero-order valence-electron chi connectivity index (χ0n) is 16.4. The summed E-state index contributed by atoms with van der Waals surface area (Å²) < 4.78 is 26.3. The molecule has 0 atom stereocenters. The summed E-state index contributed by atoms with van der Waals surface area (Å²) >= 11 is 0. The molecule has 0 unspecified atom stereocenters. The summed E-state index contributed by atoms with van der Waals surface area (Å²) in [6.45, 7) is 3.99. The topological polar surface area (TPSA) is 83.2 Å². The second-order valence-electron chi connectivity index (χ2n) is 7.16. The van der Waals surface area contributed by atoms with E-state index in [2.05, 4.69) is 30.1 Å². The van der Waals surface area contributed by atoms with Crippen molar-refractivity contribution in [3.8, 4) is 0 Å². The molecule has 1 saturated heterocycles. The highest BCUT2D eigenvalue weighted by Gasteiger charge is 2.17. The van der Waals surface area contributed by atoms with Crippen molar-refractivity contribution in [1.29, 1.82) is 0 Å². The third-order valence-electron chi connectivity index (χ3n) is 4.94. The summed E-state index contributed by atoms with van der Waals surface area (Å²) in [7, 11) is 0. The number of benzene rings is 2. The van der Waals surface area contributed by atoms with Gasteiger partial charge in [0, 0.05) is 37.6 Å². The number of hydrogen-bond donors (Lipinski definition) is 2. The fraction of sp³-hybridized carbons (Fsp3) is 0.286. The molecule has 1 fully saturated rings. The summed E-state index contributed by atoms with van der Waals surface area (Å²) in [5.74, 6) is 0.488. The third-order valence-corrected chi connectivity index (χ3v) is 4.94. The van der Waals surface area contributed by atoms with Gasteiger partial charge in [-0.05, 0) is 55.0 Å². The van der Waals surface area contributed by atoms with Gasteiger partial charge in [0.25, 0.3) is 0 Å². The number of hydrogen-bond acceptors (Lipinski definition) is 7. The molecule has 30 heavy (non-hydrogen) atoms. The number of nitrogens with two attached hydrogens (primary N) is 1. The molecule has 2 aromatic carbocycles. The van der Waals surface area contributed by atoms with Gasteiger partial charge in [-0.2, -0.15) is 15.0 Å². The van der Waals surface area contributed by atoms with E-state index in [0.29, 0.717) is 24.0 Å². The van der Waals surface area contributed by atoms with Gasteiger partial charge in [-0.15, -0.1) is 0 Å². The Labute approximate surface area is 173 Å². The highest BCUT2D eigenvalue weighted by molar-refractivity contribution is 5.53. The maximum Gasteiger partial charge on any atom is 0.232 e. The molecular weight excluding hydrogens is 388 g/mol. The molecule has 1 aromatic heterocycles. The first kappa shape index (κ1) is 20.0. The second-order valence-corrected chi connectivity index (χ2v) is 7.16. The van der Waals surface area contributed by atoms with E-state index in [0.717, 1.165) is 38.3 Å². The quantitative estimate of drug-likeness (QED) is 0.667. The maximum atomic E-state index is 13.2. The van der Waals surface area contributed by atoms with E-state index < -0.39 is 0 Å². The minimum Gasteiger partial charge on any atom is -0.370 e. The van der Waals surface area contributed by atoms with Gasteiger partial charge in [-0.25, -0.2) is 8.78 Å². The average Bonchev–Trinajstić information content (AvgIpc) is 2.95. The molecule has 156 valence electrons. The molecule has 4 rings (SSSR count). The second kappa shape index (κ2) is 9.00. The minimum atomic E-state index is -0.313. The summed E-state index contributed by atoms with van der Waals surface area (Å²) in [6.07, 6.45) is 0.971. The summed E-state index contributed by atoms with van der Waals surface area (Å²) in [6, 6.07) is 12.5. The van der Waals surface area contributed by atoms with Crippen LogP contribution in [0.5, 0.6) is 0 Å². The van der Waals surface area contributed by atoms with Gasteiger partial charge in [0.15, 0.2) is 0 Å². The van der Waals surface area contributed by atoms with Crippen LogP contribution in [0.3, 0.4) is 0 Å². The van der Waals surface area contributed by atoms with Crippen molar-refractivity contribution >= 4 is 23.3 Å². The van der Waals surface area contributed by atoms with Gasteiger partial charge in [-0.1, -0.05) is 0 Å². The zero-order valence-corrected chi connectivity index (χ0v) is 16.4. The van der Waals surface area contributed by atoms with E-state index in [9.17, 15) is 8.78 Å². The molecule has 3 aromatic rings. The molecule has 0 radical (unpaired) electrons. The van der Waals surface area contributed by atoms with Crippen molar-refractivity contribution in [2.75, 3.05) is 42.1 Å². The van der Waals surface area contributed by atoms with Crippen LogP contribution in [0.25, 0.3) is 0 Å². The molecule has 1 aliphatic heterocycles. The van der Waals surface area contributed by atoms with E-state index in [1.54, 1.807) is 12.1 Å². The largest absolute Gasteiger partial charge is 0.370 e. The first-order chi connectivity index (χ1) is 14.5. The van der Waals surface area contributed by atoms with Crippen LogP contribution in [-0.2, 0) is 6.54 Å². The maximum absolute atomic E-state index is 13.2. The smallest absolute Gasteiger partial charge is 0.232 e. The van der Waals surface area contributed by atoms with Gasteiger partial charge < -0.3 is 16.0 Å². The van der Waals surface area contributed by atoms with Crippen LogP contribution < -0.4 is 16.0 Å². The number of rotatable bonds is 5. The molecule has 0 bridgehead atoms. The Morgan fingerprint density at radius 2 is 1.53 bits per heavy atom. The van der Waals surface area contributed by atoms with Crippen molar-refractivity contribution < 1.29 is 8.78 Å². The number of nitrogens with zero attached hydrogens (tertiary/aromatic N) is 5. The molecule has 0 aliphatic carbocycles. The summed E-state index contributed by atoms with van der Waals surface area (Å²) in [5.41, 5.74) is 7.55. The van der Waals surface area contributed by atoms with Crippen molar-refractivity contribution in [1.82, 2.24) is 19.9 Å². The Kier molecular flexibility index (Phi) is 5.99. The van der Waals surface area contributed by atoms with Crippen LogP contribution >= 0.6 is 0 Å². The Morgan fingerprint density at radius 3 is 2.27 bits per heavy atom. The lowest BCUT2D eigenvalue weighted by Crippen LogP contribution is -2.31. The van der Waals surface area contributed by atoms with Crippen LogP contribution in [0.1, 0.15) is 12.2 Å². The third kappa shape index (κ3) is 5.18. The molecular formula is C21H23F2N7. The van der Waals surface area contributed by atoms with Crippen molar-refractivity contribution in [2.45, 2.75) is 13.0 Å². The monoisotopic (exact) mass is 411 g/mol. The van der Waals surface area contributed by atoms with Gasteiger partial charge in [0.1, 0.15) is 17.5 Å². The normalized spacial score (nSPS) is 15.1. The molecule has 7 nitrogen and oxygen atoms in total. The molecule has 0 saturated carbocycles. The van der Waals surface area contributed by atoms with Crippen LogP contribution in [0.15, 0.2) is 48.5 Å². The predicted octanol–water partition coefficient (Wildman–Crippen LogP) is 3.19. The average molecular weight is 411 g/mol. The first-order valence-electron chi connectivity index (χ1n) is 9.81. The SMILES string of the molecule is Nc1nc(CN2CCCN(c3ccc(F)cc3)CC2)nc(Nc2ccc(F)cc2)n1. The fourth-order valence-corrected chi connectivity index (χ4v) is 3.47.